The van der Waals surface area contributed by atoms with Gasteiger partial charge in [0.2, 0.25) is 0 Å². The molecule has 2 aromatic carbocycles. The smallest absolute Gasteiger partial charge is 0.118 e. The standard InChI is InChI=1S/C18H21NO2/c1-20-17-8-6-15(7-9-17)14-16-4-2-3-5-18(16)19-10-12-21-13-11-19/h2-9H,10-14H2,1H3. The first-order chi connectivity index (χ1) is 10.4. The number of benzene rings is 2. The third-order valence-electron chi connectivity index (χ3n) is 3.90. The average Bonchev–Trinajstić information content (AvgIpc) is 2.57. The van der Waals surface area contributed by atoms with Crippen LogP contribution in [0.2, 0.25) is 0 Å². The SMILES string of the molecule is COc1ccc(Cc2ccccc2N2CCOCC2)cc1. The molecule has 110 valence electrons. The molecule has 1 heterocycles. The lowest BCUT2D eigenvalue weighted by Crippen LogP contribution is -2.36. The summed E-state index contributed by atoms with van der Waals surface area (Å²) in [5, 5.41) is 0. The fourth-order valence-corrected chi connectivity index (χ4v) is 2.74. The van der Waals surface area contributed by atoms with Crippen molar-refractivity contribution in [2.45, 2.75) is 6.42 Å². The minimum atomic E-state index is 0.816. The zero-order valence-electron chi connectivity index (χ0n) is 12.4. The van der Waals surface area contributed by atoms with Crippen molar-refractivity contribution in [1.29, 1.82) is 0 Å². The van der Waals surface area contributed by atoms with Gasteiger partial charge in [0.1, 0.15) is 5.75 Å². The van der Waals surface area contributed by atoms with E-state index in [1.165, 1.54) is 16.8 Å². The summed E-state index contributed by atoms with van der Waals surface area (Å²) in [6.45, 7) is 3.58. The Labute approximate surface area is 126 Å². The summed E-state index contributed by atoms with van der Waals surface area (Å²) in [6, 6.07) is 17.0. The fraction of sp³-hybridized carbons (Fsp3) is 0.333. The van der Waals surface area contributed by atoms with Gasteiger partial charge in [-0.05, 0) is 35.7 Å². The highest BCUT2D eigenvalue weighted by molar-refractivity contribution is 5.55. The Morgan fingerprint density at radius 3 is 2.43 bits per heavy atom. The van der Waals surface area contributed by atoms with Gasteiger partial charge in [-0.2, -0.15) is 0 Å². The largest absolute Gasteiger partial charge is 0.497 e. The molecule has 0 spiro atoms. The molecule has 0 aromatic heterocycles. The van der Waals surface area contributed by atoms with Crippen molar-refractivity contribution >= 4 is 5.69 Å². The van der Waals surface area contributed by atoms with E-state index in [-0.39, 0.29) is 0 Å². The highest BCUT2D eigenvalue weighted by Gasteiger charge is 2.14. The lowest BCUT2D eigenvalue weighted by Gasteiger charge is -2.30. The fourth-order valence-electron chi connectivity index (χ4n) is 2.74. The normalized spacial score (nSPS) is 15.0. The number of para-hydroxylation sites is 1. The maximum atomic E-state index is 5.45. The van der Waals surface area contributed by atoms with E-state index >= 15 is 0 Å². The third-order valence-corrected chi connectivity index (χ3v) is 3.90. The van der Waals surface area contributed by atoms with Crippen molar-refractivity contribution in [3.63, 3.8) is 0 Å². The summed E-state index contributed by atoms with van der Waals surface area (Å²) in [5.74, 6) is 0.903. The van der Waals surface area contributed by atoms with Crippen LogP contribution in [0.4, 0.5) is 5.69 Å². The van der Waals surface area contributed by atoms with Crippen molar-refractivity contribution in [3.05, 3.63) is 59.7 Å². The molecule has 3 heteroatoms. The highest BCUT2D eigenvalue weighted by Crippen LogP contribution is 2.24. The van der Waals surface area contributed by atoms with Crippen molar-refractivity contribution in [2.24, 2.45) is 0 Å². The minimum Gasteiger partial charge on any atom is -0.497 e. The van der Waals surface area contributed by atoms with Gasteiger partial charge in [0.05, 0.1) is 20.3 Å². The topological polar surface area (TPSA) is 21.7 Å². The average molecular weight is 283 g/mol. The first-order valence-corrected chi connectivity index (χ1v) is 7.40. The summed E-state index contributed by atoms with van der Waals surface area (Å²) >= 11 is 0. The van der Waals surface area contributed by atoms with Gasteiger partial charge in [0, 0.05) is 18.8 Å². The summed E-state index contributed by atoms with van der Waals surface area (Å²) < 4.78 is 10.7. The van der Waals surface area contributed by atoms with Gasteiger partial charge in [0.25, 0.3) is 0 Å². The maximum Gasteiger partial charge on any atom is 0.118 e. The number of methoxy groups -OCH3 is 1. The lowest BCUT2D eigenvalue weighted by molar-refractivity contribution is 0.122. The first kappa shape index (κ1) is 14.0. The van der Waals surface area contributed by atoms with Gasteiger partial charge < -0.3 is 14.4 Å². The van der Waals surface area contributed by atoms with Crippen LogP contribution < -0.4 is 9.64 Å². The molecule has 1 saturated heterocycles. The molecule has 3 rings (SSSR count). The van der Waals surface area contributed by atoms with E-state index in [4.69, 9.17) is 9.47 Å². The Kier molecular flexibility index (Phi) is 4.41. The van der Waals surface area contributed by atoms with Crippen LogP contribution in [0.1, 0.15) is 11.1 Å². The zero-order valence-corrected chi connectivity index (χ0v) is 12.4. The molecule has 0 saturated carbocycles. The van der Waals surface area contributed by atoms with E-state index < -0.39 is 0 Å². The van der Waals surface area contributed by atoms with Crippen molar-refractivity contribution in [2.75, 3.05) is 38.3 Å². The van der Waals surface area contributed by atoms with E-state index in [1.807, 2.05) is 12.1 Å². The van der Waals surface area contributed by atoms with Crippen LogP contribution in [0.3, 0.4) is 0 Å². The summed E-state index contributed by atoms with van der Waals surface area (Å²) in [5.41, 5.74) is 4.00. The van der Waals surface area contributed by atoms with E-state index in [0.717, 1.165) is 38.5 Å². The van der Waals surface area contributed by atoms with Crippen LogP contribution >= 0.6 is 0 Å². The predicted molar refractivity (Wildman–Crippen MR) is 85.3 cm³/mol. The second-order valence-electron chi connectivity index (χ2n) is 5.25. The summed E-state index contributed by atoms with van der Waals surface area (Å²) in [4.78, 5) is 2.42. The minimum absolute atomic E-state index is 0.816. The molecule has 0 unspecified atom stereocenters. The number of anilines is 1. The Balaban J connectivity index is 1.80. The molecule has 0 aliphatic carbocycles. The number of hydrogen-bond acceptors (Lipinski definition) is 3. The Hall–Kier alpha value is -2.00. The predicted octanol–water partition coefficient (Wildman–Crippen LogP) is 3.12. The molecular formula is C18H21NO2. The van der Waals surface area contributed by atoms with Crippen LogP contribution in [-0.4, -0.2) is 33.4 Å². The second-order valence-corrected chi connectivity index (χ2v) is 5.25. The number of hydrogen-bond donors (Lipinski definition) is 0. The highest BCUT2D eigenvalue weighted by atomic mass is 16.5. The molecule has 1 aliphatic rings. The lowest BCUT2D eigenvalue weighted by atomic mass is 10.0. The van der Waals surface area contributed by atoms with Crippen LogP contribution in [0.15, 0.2) is 48.5 Å². The second kappa shape index (κ2) is 6.64. The maximum absolute atomic E-state index is 5.45. The van der Waals surface area contributed by atoms with Crippen molar-refractivity contribution in [3.8, 4) is 5.75 Å². The number of morpholine rings is 1. The van der Waals surface area contributed by atoms with Crippen LogP contribution in [0.5, 0.6) is 5.75 Å². The van der Waals surface area contributed by atoms with E-state index in [9.17, 15) is 0 Å². The van der Waals surface area contributed by atoms with Crippen LogP contribution in [0.25, 0.3) is 0 Å². The van der Waals surface area contributed by atoms with Crippen LogP contribution in [0, 0.1) is 0 Å². The summed E-state index contributed by atoms with van der Waals surface area (Å²) in [7, 11) is 1.70. The molecule has 0 N–H and O–H groups in total. The Morgan fingerprint density at radius 1 is 1.00 bits per heavy atom. The van der Waals surface area contributed by atoms with Gasteiger partial charge in [-0.3, -0.25) is 0 Å². The van der Waals surface area contributed by atoms with Gasteiger partial charge in [-0.15, -0.1) is 0 Å². The molecule has 0 amide bonds. The molecule has 3 nitrogen and oxygen atoms in total. The number of nitrogens with zero attached hydrogens (tertiary/aromatic N) is 1. The summed E-state index contributed by atoms with van der Waals surface area (Å²) in [6.07, 6.45) is 0.942. The number of rotatable bonds is 4. The number of ether oxygens (including phenoxy) is 2. The molecule has 2 aromatic rings. The van der Waals surface area contributed by atoms with E-state index in [1.54, 1.807) is 7.11 Å². The first-order valence-electron chi connectivity index (χ1n) is 7.40. The molecule has 1 fully saturated rings. The molecule has 0 atom stereocenters. The third kappa shape index (κ3) is 3.37. The molecule has 21 heavy (non-hydrogen) atoms. The van der Waals surface area contributed by atoms with Gasteiger partial charge in [-0.1, -0.05) is 30.3 Å². The quantitative estimate of drug-likeness (QED) is 0.860. The Morgan fingerprint density at radius 2 is 1.71 bits per heavy atom. The van der Waals surface area contributed by atoms with Gasteiger partial charge in [0.15, 0.2) is 0 Å². The van der Waals surface area contributed by atoms with Gasteiger partial charge >= 0.3 is 0 Å². The zero-order chi connectivity index (χ0) is 14.5. The van der Waals surface area contributed by atoms with Crippen LogP contribution in [-0.2, 0) is 11.2 Å². The monoisotopic (exact) mass is 283 g/mol. The van der Waals surface area contributed by atoms with E-state index in [0.29, 0.717) is 0 Å². The van der Waals surface area contributed by atoms with E-state index in [2.05, 4.69) is 41.3 Å². The van der Waals surface area contributed by atoms with Crippen molar-refractivity contribution < 1.29 is 9.47 Å². The molecule has 0 radical (unpaired) electrons. The van der Waals surface area contributed by atoms with Crippen molar-refractivity contribution in [1.82, 2.24) is 0 Å². The molecular weight excluding hydrogens is 262 g/mol. The molecule has 0 bridgehead atoms. The molecule has 1 aliphatic heterocycles. The Bertz CT molecular complexity index is 574. The van der Waals surface area contributed by atoms with Gasteiger partial charge in [-0.25, -0.2) is 0 Å².